The first-order valence-electron chi connectivity index (χ1n) is 4.44. The number of aryl methyl sites for hydroxylation is 1. The molecule has 15 heavy (non-hydrogen) atoms. The Morgan fingerprint density at radius 3 is 2.80 bits per heavy atom. The Morgan fingerprint density at radius 2 is 2.27 bits per heavy atom. The van der Waals surface area contributed by atoms with Crippen LogP contribution in [-0.2, 0) is 0 Å². The Morgan fingerprint density at radius 1 is 1.47 bits per heavy atom. The van der Waals surface area contributed by atoms with Gasteiger partial charge in [0.05, 0.1) is 5.69 Å². The van der Waals surface area contributed by atoms with Crippen molar-refractivity contribution in [2.75, 3.05) is 0 Å². The highest BCUT2D eigenvalue weighted by Gasteiger charge is 2.03. The van der Waals surface area contributed by atoms with Crippen molar-refractivity contribution in [3.05, 3.63) is 42.0 Å². The summed E-state index contributed by atoms with van der Waals surface area (Å²) in [5, 5.41) is 4.04. The number of aromatic nitrogens is 3. The molecule has 76 valence electrons. The van der Waals surface area contributed by atoms with E-state index in [1.807, 2.05) is 25.1 Å². The minimum absolute atomic E-state index is 0.414. The van der Waals surface area contributed by atoms with E-state index >= 15 is 0 Å². The van der Waals surface area contributed by atoms with Crippen molar-refractivity contribution in [3.8, 4) is 5.69 Å². The molecule has 0 radical (unpaired) electrons. The van der Waals surface area contributed by atoms with Gasteiger partial charge in [-0.05, 0) is 30.7 Å². The summed E-state index contributed by atoms with van der Waals surface area (Å²) < 4.78 is 1.69. The monoisotopic (exact) mass is 218 g/mol. The molecule has 0 spiro atoms. The summed E-state index contributed by atoms with van der Waals surface area (Å²) in [5.41, 5.74) is 8.46. The zero-order chi connectivity index (χ0) is 10.8. The van der Waals surface area contributed by atoms with Gasteiger partial charge in [-0.1, -0.05) is 12.2 Å². The molecule has 0 bridgehead atoms. The molecular formula is C10H10N4S. The van der Waals surface area contributed by atoms with E-state index in [2.05, 4.69) is 10.1 Å². The van der Waals surface area contributed by atoms with Gasteiger partial charge in [-0.15, -0.1) is 0 Å². The first-order chi connectivity index (χ1) is 7.18. The number of hydrogen-bond acceptors (Lipinski definition) is 3. The van der Waals surface area contributed by atoms with Crippen LogP contribution in [0.3, 0.4) is 0 Å². The van der Waals surface area contributed by atoms with Crippen LogP contribution in [0.25, 0.3) is 5.69 Å². The van der Waals surface area contributed by atoms with E-state index in [1.165, 1.54) is 6.33 Å². The lowest BCUT2D eigenvalue weighted by molar-refractivity contribution is 0.877. The Labute approximate surface area is 92.7 Å². The Kier molecular flexibility index (Phi) is 2.47. The van der Waals surface area contributed by atoms with Gasteiger partial charge in [-0.2, -0.15) is 5.10 Å². The number of nitrogens with two attached hydrogens (primary N) is 1. The standard InChI is InChI=1S/C10H10N4S/c1-7-4-8(14-6-12-5-13-14)2-3-9(7)10(11)15/h2-6H,1H3,(H2,11,15). The van der Waals surface area contributed by atoms with Crippen LogP contribution in [0.4, 0.5) is 0 Å². The fourth-order valence-electron chi connectivity index (χ4n) is 1.41. The van der Waals surface area contributed by atoms with E-state index in [4.69, 9.17) is 18.0 Å². The molecule has 0 aliphatic heterocycles. The lowest BCUT2D eigenvalue weighted by Gasteiger charge is -2.06. The molecule has 0 saturated carbocycles. The van der Waals surface area contributed by atoms with Crippen LogP contribution in [0, 0.1) is 6.92 Å². The van der Waals surface area contributed by atoms with Gasteiger partial charge in [0.1, 0.15) is 17.6 Å². The van der Waals surface area contributed by atoms with E-state index < -0.39 is 0 Å². The van der Waals surface area contributed by atoms with Crippen molar-refractivity contribution >= 4 is 17.2 Å². The van der Waals surface area contributed by atoms with Crippen molar-refractivity contribution in [2.24, 2.45) is 5.73 Å². The third-order valence-corrected chi connectivity index (χ3v) is 2.38. The zero-order valence-corrected chi connectivity index (χ0v) is 9.03. The molecule has 1 aromatic heterocycles. The van der Waals surface area contributed by atoms with Gasteiger partial charge >= 0.3 is 0 Å². The molecule has 2 N–H and O–H groups in total. The predicted octanol–water partition coefficient (Wildman–Crippen LogP) is 1.21. The largest absolute Gasteiger partial charge is 0.389 e. The summed E-state index contributed by atoms with van der Waals surface area (Å²) >= 11 is 4.94. The second-order valence-electron chi connectivity index (χ2n) is 3.20. The molecule has 1 aromatic carbocycles. The van der Waals surface area contributed by atoms with Crippen molar-refractivity contribution < 1.29 is 0 Å². The summed E-state index contributed by atoms with van der Waals surface area (Å²) in [6.07, 6.45) is 3.14. The molecule has 0 aliphatic carbocycles. The molecule has 0 atom stereocenters. The topological polar surface area (TPSA) is 56.7 Å². The van der Waals surface area contributed by atoms with Crippen molar-refractivity contribution in [1.29, 1.82) is 0 Å². The summed E-state index contributed by atoms with van der Waals surface area (Å²) in [5.74, 6) is 0. The quantitative estimate of drug-likeness (QED) is 0.770. The van der Waals surface area contributed by atoms with E-state index in [9.17, 15) is 0 Å². The average molecular weight is 218 g/mol. The van der Waals surface area contributed by atoms with E-state index in [0.717, 1.165) is 16.8 Å². The van der Waals surface area contributed by atoms with Crippen LogP contribution in [0.5, 0.6) is 0 Å². The summed E-state index contributed by atoms with van der Waals surface area (Å²) in [7, 11) is 0. The summed E-state index contributed by atoms with van der Waals surface area (Å²) in [4.78, 5) is 4.30. The van der Waals surface area contributed by atoms with Gasteiger partial charge in [0, 0.05) is 5.56 Å². The highest BCUT2D eigenvalue weighted by Crippen LogP contribution is 2.13. The number of thiocarbonyl (C=S) groups is 1. The highest BCUT2D eigenvalue weighted by atomic mass is 32.1. The molecule has 1 heterocycles. The molecule has 0 fully saturated rings. The van der Waals surface area contributed by atoms with Crippen LogP contribution < -0.4 is 5.73 Å². The zero-order valence-electron chi connectivity index (χ0n) is 8.21. The second kappa shape index (κ2) is 3.78. The van der Waals surface area contributed by atoms with Crippen LogP contribution in [-0.4, -0.2) is 19.8 Å². The Balaban J connectivity index is 2.47. The van der Waals surface area contributed by atoms with Gasteiger partial charge < -0.3 is 5.73 Å². The number of hydrogen-bond donors (Lipinski definition) is 1. The maximum atomic E-state index is 5.58. The van der Waals surface area contributed by atoms with Gasteiger partial charge in [-0.3, -0.25) is 0 Å². The van der Waals surface area contributed by atoms with Crippen LogP contribution in [0.1, 0.15) is 11.1 Å². The normalized spacial score (nSPS) is 10.2. The molecule has 2 rings (SSSR count). The third kappa shape index (κ3) is 1.87. The lowest BCUT2D eigenvalue weighted by Crippen LogP contribution is -2.11. The second-order valence-corrected chi connectivity index (χ2v) is 3.64. The molecule has 4 nitrogen and oxygen atoms in total. The van der Waals surface area contributed by atoms with Crippen molar-refractivity contribution in [3.63, 3.8) is 0 Å². The summed E-state index contributed by atoms with van der Waals surface area (Å²) in [6, 6.07) is 5.79. The fraction of sp³-hybridized carbons (Fsp3) is 0.100. The Bertz CT molecular complexity index is 490. The fourth-order valence-corrected chi connectivity index (χ4v) is 1.64. The lowest BCUT2D eigenvalue weighted by atomic mass is 10.1. The van der Waals surface area contributed by atoms with E-state index in [0.29, 0.717) is 4.99 Å². The molecule has 0 unspecified atom stereocenters. The maximum Gasteiger partial charge on any atom is 0.138 e. The predicted molar refractivity (Wildman–Crippen MR) is 62.0 cm³/mol. The molecular weight excluding hydrogens is 208 g/mol. The van der Waals surface area contributed by atoms with Gasteiger partial charge in [0.15, 0.2) is 0 Å². The van der Waals surface area contributed by atoms with Crippen LogP contribution in [0.15, 0.2) is 30.9 Å². The molecule has 0 amide bonds. The van der Waals surface area contributed by atoms with Crippen LogP contribution >= 0.6 is 12.2 Å². The first kappa shape index (κ1) is 9.79. The number of benzene rings is 1. The average Bonchev–Trinajstić information content (AvgIpc) is 2.69. The molecule has 2 aromatic rings. The minimum atomic E-state index is 0.414. The van der Waals surface area contributed by atoms with Gasteiger partial charge in [0.25, 0.3) is 0 Å². The highest BCUT2D eigenvalue weighted by molar-refractivity contribution is 7.80. The summed E-state index contributed by atoms with van der Waals surface area (Å²) in [6.45, 7) is 1.97. The smallest absolute Gasteiger partial charge is 0.138 e. The SMILES string of the molecule is Cc1cc(-n2cncn2)ccc1C(N)=S. The van der Waals surface area contributed by atoms with E-state index in [-0.39, 0.29) is 0 Å². The minimum Gasteiger partial charge on any atom is -0.389 e. The molecule has 0 saturated heterocycles. The van der Waals surface area contributed by atoms with E-state index in [1.54, 1.807) is 11.0 Å². The van der Waals surface area contributed by atoms with Gasteiger partial charge in [0.2, 0.25) is 0 Å². The van der Waals surface area contributed by atoms with Crippen molar-refractivity contribution in [1.82, 2.24) is 14.8 Å². The first-order valence-corrected chi connectivity index (χ1v) is 4.85. The molecule has 5 heteroatoms. The third-order valence-electron chi connectivity index (χ3n) is 2.16. The maximum absolute atomic E-state index is 5.58. The number of nitrogens with zero attached hydrogens (tertiary/aromatic N) is 3. The number of rotatable bonds is 2. The van der Waals surface area contributed by atoms with Crippen LogP contribution in [0.2, 0.25) is 0 Å². The molecule has 0 aliphatic rings. The Hall–Kier alpha value is -1.75. The van der Waals surface area contributed by atoms with Crippen molar-refractivity contribution in [2.45, 2.75) is 6.92 Å². The van der Waals surface area contributed by atoms with Gasteiger partial charge in [-0.25, -0.2) is 9.67 Å².